The van der Waals surface area contributed by atoms with Gasteiger partial charge in [0.05, 0.1) is 6.42 Å². The second-order valence-electron chi connectivity index (χ2n) is 5.71. The molecule has 0 aliphatic rings. The fourth-order valence-corrected chi connectivity index (χ4v) is 2.31. The zero-order valence-corrected chi connectivity index (χ0v) is 13.5. The first kappa shape index (κ1) is 16.8. The van der Waals surface area contributed by atoms with Crippen LogP contribution in [0.3, 0.4) is 0 Å². The van der Waals surface area contributed by atoms with Crippen LogP contribution < -0.4 is 5.32 Å². The van der Waals surface area contributed by atoms with E-state index in [2.05, 4.69) is 20.5 Å². The monoisotopic (exact) mass is 342 g/mol. The van der Waals surface area contributed by atoms with Crippen LogP contribution in [0.2, 0.25) is 0 Å². The molecule has 1 amide bonds. The van der Waals surface area contributed by atoms with Crippen molar-refractivity contribution in [2.24, 2.45) is 0 Å². The number of amides is 1. The van der Waals surface area contributed by atoms with E-state index in [1.165, 1.54) is 11.6 Å². The summed E-state index contributed by atoms with van der Waals surface area (Å²) in [6.45, 7) is 2.02. The summed E-state index contributed by atoms with van der Waals surface area (Å²) < 4.78 is 26.0. The van der Waals surface area contributed by atoms with Crippen LogP contribution in [0, 0.1) is 18.6 Å². The number of hydrogen-bond donors (Lipinski definition) is 2. The van der Waals surface area contributed by atoms with Crippen LogP contribution in [0.4, 0.5) is 14.5 Å². The number of aromatic amines is 1. The van der Waals surface area contributed by atoms with Crippen LogP contribution in [-0.4, -0.2) is 21.1 Å². The van der Waals surface area contributed by atoms with Crippen molar-refractivity contribution in [2.45, 2.75) is 19.8 Å². The third kappa shape index (κ3) is 4.47. The second kappa shape index (κ2) is 7.21. The Bertz CT molecular complexity index is 890. The van der Waals surface area contributed by atoms with E-state index < -0.39 is 17.5 Å². The van der Waals surface area contributed by atoms with Crippen molar-refractivity contribution in [1.82, 2.24) is 15.2 Å². The Morgan fingerprint density at radius 2 is 1.88 bits per heavy atom. The fraction of sp³-hybridized carbons (Fsp3) is 0.167. The molecule has 0 saturated heterocycles. The van der Waals surface area contributed by atoms with Gasteiger partial charge in [-0.15, -0.1) is 0 Å². The minimum Gasteiger partial charge on any atom is -0.326 e. The Balaban J connectivity index is 1.59. The molecule has 0 radical (unpaired) electrons. The molecule has 2 aromatic carbocycles. The lowest BCUT2D eigenvalue weighted by Crippen LogP contribution is -2.15. The molecule has 25 heavy (non-hydrogen) atoms. The highest BCUT2D eigenvalue weighted by Crippen LogP contribution is 2.13. The molecule has 1 aromatic heterocycles. The van der Waals surface area contributed by atoms with Crippen molar-refractivity contribution in [3.05, 3.63) is 76.9 Å². The first-order valence-electron chi connectivity index (χ1n) is 7.70. The zero-order chi connectivity index (χ0) is 17.8. The summed E-state index contributed by atoms with van der Waals surface area (Å²) >= 11 is 0. The van der Waals surface area contributed by atoms with Crippen LogP contribution in [0.5, 0.6) is 0 Å². The van der Waals surface area contributed by atoms with E-state index in [9.17, 15) is 13.6 Å². The number of benzene rings is 2. The molecule has 1 heterocycles. The molecule has 3 aromatic rings. The van der Waals surface area contributed by atoms with Crippen LogP contribution in [0.1, 0.15) is 22.8 Å². The van der Waals surface area contributed by atoms with Gasteiger partial charge in [0.15, 0.2) is 17.5 Å². The van der Waals surface area contributed by atoms with E-state index in [-0.39, 0.29) is 12.1 Å². The molecule has 3 rings (SSSR count). The van der Waals surface area contributed by atoms with E-state index >= 15 is 0 Å². The summed E-state index contributed by atoms with van der Waals surface area (Å²) in [5.74, 6) is -1.41. The number of hydrogen-bond acceptors (Lipinski definition) is 3. The Kier molecular flexibility index (Phi) is 4.83. The number of halogens is 2. The summed E-state index contributed by atoms with van der Waals surface area (Å²) in [5, 5.41) is 9.30. The highest BCUT2D eigenvalue weighted by molar-refractivity contribution is 5.91. The summed E-state index contributed by atoms with van der Waals surface area (Å²) in [6, 6.07) is 11.2. The van der Waals surface area contributed by atoms with Gasteiger partial charge in [-0.3, -0.25) is 9.89 Å². The predicted molar refractivity (Wildman–Crippen MR) is 89.1 cm³/mol. The molecule has 7 heteroatoms. The van der Waals surface area contributed by atoms with Crippen LogP contribution in [0.15, 0.2) is 42.5 Å². The Hall–Kier alpha value is -3.09. The number of rotatable bonds is 5. The third-order valence-corrected chi connectivity index (χ3v) is 3.59. The third-order valence-electron chi connectivity index (χ3n) is 3.59. The lowest BCUT2D eigenvalue weighted by atomic mass is 10.1. The van der Waals surface area contributed by atoms with Crippen molar-refractivity contribution in [1.29, 1.82) is 0 Å². The van der Waals surface area contributed by atoms with Crippen molar-refractivity contribution in [3.63, 3.8) is 0 Å². The van der Waals surface area contributed by atoms with E-state index in [0.717, 1.165) is 17.7 Å². The molecular weight excluding hydrogens is 326 g/mol. The topological polar surface area (TPSA) is 70.7 Å². The standard InChI is InChI=1S/C18H16F2N4O/c1-11-2-4-12(5-3-11)8-16-22-17(24-23-16)10-18(25)21-13-6-7-14(19)15(20)9-13/h2-7,9H,8,10H2,1H3,(H,21,25)(H,22,23,24). The number of aromatic nitrogens is 3. The predicted octanol–water partition coefficient (Wildman–Crippen LogP) is 3.16. The molecule has 2 N–H and O–H groups in total. The number of carbonyl (C=O) groups excluding carboxylic acids is 1. The highest BCUT2D eigenvalue weighted by Gasteiger charge is 2.11. The average molecular weight is 342 g/mol. The maximum atomic E-state index is 13.1. The van der Waals surface area contributed by atoms with Crippen LogP contribution >= 0.6 is 0 Å². The van der Waals surface area contributed by atoms with E-state index in [1.807, 2.05) is 31.2 Å². The van der Waals surface area contributed by atoms with Crippen molar-refractivity contribution < 1.29 is 13.6 Å². The summed E-state index contributed by atoms with van der Waals surface area (Å²) in [4.78, 5) is 16.2. The molecule has 5 nitrogen and oxygen atoms in total. The molecule has 0 atom stereocenters. The first-order valence-corrected chi connectivity index (χ1v) is 7.70. The number of anilines is 1. The van der Waals surface area contributed by atoms with Gasteiger partial charge in [0.2, 0.25) is 5.91 Å². The number of nitrogens with one attached hydrogen (secondary N) is 2. The molecule has 0 spiro atoms. The number of carbonyl (C=O) groups is 1. The van der Waals surface area contributed by atoms with Crippen molar-refractivity contribution in [2.75, 3.05) is 5.32 Å². The molecule has 0 aliphatic heterocycles. The molecule has 128 valence electrons. The van der Waals surface area contributed by atoms with E-state index in [4.69, 9.17) is 0 Å². The average Bonchev–Trinajstić information content (AvgIpc) is 3.00. The van der Waals surface area contributed by atoms with Gasteiger partial charge >= 0.3 is 0 Å². The van der Waals surface area contributed by atoms with Gasteiger partial charge in [-0.2, -0.15) is 5.10 Å². The second-order valence-corrected chi connectivity index (χ2v) is 5.71. The lowest BCUT2D eigenvalue weighted by molar-refractivity contribution is -0.115. The van der Waals surface area contributed by atoms with Gasteiger partial charge in [-0.05, 0) is 24.6 Å². The largest absolute Gasteiger partial charge is 0.326 e. The minimum atomic E-state index is -1.02. The quantitative estimate of drug-likeness (QED) is 0.748. The number of H-pyrrole nitrogens is 1. The van der Waals surface area contributed by atoms with E-state index in [1.54, 1.807) is 0 Å². The van der Waals surface area contributed by atoms with Gasteiger partial charge in [0, 0.05) is 18.2 Å². The van der Waals surface area contributed by atoms with E-state index in [0.29, 0.717) is 18.1 Å². The van der Waals surface area contributed by atoms with Gasteiger partial charge in [0.25, 0.3) is 0 Å². The van der Waals surface area contributed by atoms with Crippen molar-refractivity contribution in [3.8, 4) is 0 Å². The summed E-state index contributed by atoms with van der Waals surface area (Å²) in [6.07, 6.45) is 0.515. The highest BCUT2D eigenvalue weighted by atomic mass is 19.2. The van der Waals surface area contributed by atoms with Gasteiger partial charge in [-0.1, -0.05) is 29.8 Å². The maximum absolute atomic E-state index is 13.1. The maximum Gasteiger partial charge on any atom is 0.232 e. The Morgan fingerprint density at radius 3 is 2.60 bits per heavy atom. The molecule has 0 fully saturated rings. The summed E-state index contributed by atoms with van der Waals surface area (Å²) in [5.41, 5.74) is 2.44. The molecular formula is C18H16F2N4O. The Morgan fingerprint density at radius 1 is 1.12 bits per heavy atom. The molecule has 0 aliphatic carbocycles. The van der Waals surface area contributed by atoms with Gasteiger partial charge in [-0.25, -0.2) is 13.8 Å². The SMILES string of the molecule is Cc1ccc(Cc2nc(CC(=O)Nc3ccc(F)c(F)c3)n[nH]2)cc1. The molecule has 0 bridgehead atoms. The molecule has 0 unspecified atom stereocenters. The number of aryl methyl sites for hydroxylation is 1. The first-order chi connectivity index (χ1) is 12.0. The fourth-order valence-electron chi connectivity index (χ4n) is 2.31. The number of nitrogens with zero attached hydrogens (tertiary/aromatic N) is 2. The molecule has 0 saturated carbocycles. The van der Waals surface area contributed by atoms with Crippen molar-refractivity contribution >= 4 is 11.6 Å². The lowest BCUT2D eigenvalue weighted by Gasteiger charge is -2.03. The zero-order valence-electron chi connectivity index (χ0n) is 13.5. The van der Waals surface area contributed by atoms with Crippen LogP contribution in [-0.2, 0) is 17.6 Å². The normalized spacial score (nSPS) is 10.7. The smallest absolute Gasteiger partial charge is 0.232 e. The van der Waals surface area contributed by atoms with Crippen LogP contribution in [0.25, 0.3) is 0 Å². The van der Waals surface area contributed by atoms with Gasteiger partial charge in [0.1, 0.15) is 5.82 Å². The Labute approximate surface area is 143 Å². The minimum absolute atomic E-state index is 0.0661. The summed E-state index contributed by atoms with van der Waals surface area (Å²) in [7, 11) is 0. The van der Waals surface area contributed by atoms with Gasteiger partial charge < -0.3 is 5.32 Å².